The van der Waals surface area contributed by atoms with Crippen LogP contribution in [0.2, 0.25) is 0 Å². The van der Waals surface area contributed by atoms with Crippen molar-refractivity contribution in [3.8, 4) is 11.6 Å². The molecule has 1 N–H and O–H groups in total. The van der Waals surface area contributed by atoms with Crippen LogP contribution < -0.4 is 10.1 Å². The van der Waals surface area contributed by atoms with Crippen LogP contribution in [0.5, 0.6) is 5.88 Å². The van der Waals surface area contributed by atoms with Gasteiger partial charge in [0.05, 0.1) is 5.69 Å². The standard InChI is InChI=1S/C16H21N3O2/c1-12(2)17-15(20)16(3,4)21-14-10-11-19(18-14)13-8-6-5-7-9-13/h5-12H,1-4H3,(H,17,20). The number of amides is 1. The van der Waals surface area contributed by atoms with E-state index < -0.39 is 5.60 Å². The van der Waals surface area contributed by atoms with Crippen molar-refractivity contribution in [2.75, 3.05) is 0 Å². The summed E-state index contributed by atoms with van der Waals surface area (Å²) in [4.78, 5) is 12.1. The summed E-state index contributed by atoms with van der Waals surface area (Å²) in [5, 5.41) is 7.18. The van der Waals surface area contributed by atoms with E-state index in [0.717, 1.165) is 5.69 Å². The predicted molar refractivity (Wildman–Crippen MR) is 81.5 cm³/mol. The van der Waals surface area contributed by atoms with Gasteiger partial charge in [0.1, 0.15) is 0 Å². The Morgan fingerprint density at radius 3 is 2.52 bits per heavy atom. The van der Waals surface area contributed by atoms with Crippen molar-refractivity contribution in [3.05, 3.63) is 42.6 Å². The normalized spacial score (nSPS) is 11.5. The summed E-state index contributed by atoms with van der Waals surface area (Å²) in [7, 11) is 0. The Labute approximate surface area is 124 Å². The highest BCUT2D eigenvalue weighted by atomic mass is 16.5. The molecule has 5 heteroatoms. The van der Waals surface area contributed by atoms with Gasteiger partial charge in [-0.2, -0.15) is 0 Å². The highest BCUT2D eigenvalue weighted by Gasteiger charge is 2.31. The Hall–Kier alpha value is -2.30. The van der Waals surface area contributed by atoms with E-state index >= 15 is 0 Å². The van der Waals surface area contributed by atoms with E-state index in [1.165, 1.54) is 0 Å². The minimum atomic E-state index is -0.972. The number of carbonyl (C=O) groups is 1. The number of nitrogens with one attached hydrogen (secondary N) is 1. The van der Waals surface area contributed by atoms with Gasteiger partial charge in [0.25, 0.3) is 5.91 Å². The van der Waals surface area contributed by atoms with Crippen molar-refractivity contribution in [1.29, 1.82) is 0 Å². The van der Waals surface area contributed by atoms with Gasteiger partial charge in [-0.05, 0) is 39.8 Å². The summed E-state index contributed by atoms with van der Waals surface area (Å²) in [5.74, 6) is 0.259. The quantitative estimate of drug-likeness (QED) is 0.919. The van der Waals surface area contributed by atoms with Gasteiger partial charge < -0.3 is 10.1 Å². The molecule has 0 atom stereocenters. The predicted octanol–water partition coefficient (Wildman–Crippen LogP) is 2.55. The van der Waals surface area contributed by atoms with Crippen molar-refractivity contribution in [1.82, 2.24) is 15.1 Å². The third-order valence-corrected chi connectivity index (χ3v) is 2.91. The summed E-state index contributed by atoms with van der Waals surface area (Å²) >= 11 is 0. The molecule has 0 aliphatic heterocycles. The first kappa shape index (κ1) is 15.1. The fraction of sp³-hybridized carbons (Fsp3) is 0.375. The average molecular weight is 287 g/mol. The number of aromatic nitrogens is 2. The van der Waals surface area contributed by atoms with Crippen LogP contribution >= 0.6 is 0 Å². The molecule has 2 aromatic rings. The zero-order valence-corrected chi connectivity index (χ0v) is 12.8. The van der Waals surface area contributed by atoms with Crippen LogP contribution in [0.4, 0.5) is 0 Å². The molecule has 0 saturated heterocycles. The molecule has 0 spiro atoms. The lowest BCUT2D eigenvalue weighted by Gasteiger charge is -2.25. The number of nitrogens with zero attached hydrogens (tertiary/aromatic N) is 2. The van der Waals surface area contributed by atoms with E-state index in [2.05, 4.69) is 10.4 Å². The second-order valence-electron chi connectivity index (χ2n) is 5.67. The number of ether oxygens (including phenoxy) is 1. The molecule has 0 radical (unpaired) electrons. The van der Waals surface area contributed by atoms with Gasteiger partial charge in [-0.25, -0.2) is 4.68 Å². The molecule has 0 saturated carbocycles. The third-order valence-electron chi connectivity index (χ3n) is 2.91. The molecular weight excluding hydrogens is 266 g/mol. The van der Waals surface area contributed by atoms with Crippen molar-refractivity contribution < 1.29 is 9.53 Å². The molecule has 1 aromatic heterocycles. The number of benzene rings is 1. The van der Waals surface area contributed by atoms with Gasteiger partial charge in [-0.3, -0.25) is 4.79 Å². The van der Waals surface area contributed by atoms with Gasteiger partial charge in [0, 0.05) is 18.3 Å². The highest BCUT2D eigenvalue weighted by Crippen LogP contribution is 2.18. The topological polar surface area (TPSA) is 56.1 Å². The second-order valence-corrected chi connectivity index (χ2v) is 5.67. The van der Waals surface area contributed by atoms with Crippen LogP contribution in [0.25, 0.3) is 5.69 Å². The summed E-state index contributed by atoms with van der Waals surface area (Å²) in [5.41, 5.74) is -0.0306. The monoisotopic (exact) mass is 287 g/mol. The van der Waals surface area contributed by atoms with Gasteiger partial charge in [0.15, 0.2) is 5.60 Å². The lowest BCUT2D eigenvalue weighted by molar-refractivity contribution is -0.134. The zero-order valence-electron chi connectivity index (χ0n) is 12.8. The van der Waals surface area contributed by atoms with E-state index in [0.29, 0.717) is 5.88 Å². The van der Waals surface area contributed by atoms with Crippen LogP contribution in [0, 0.1) is 0 Å². The fourth-order valence-electron chi connectivity index (χ4n) is 1.83. The smallest absolute Gasteiger partial charge is 0.263 e. The average Bonchev–Trinajstić information content (AvgIpc) is 2.86. The number of rotatable bonds is 5. The Morgan fingerprint density at radius 1 is 1.24 bits per heavy atom. The van der Waals surface area contributed by atoms with E-state index in [9.17, 15) is 4.79 Å². The number of para-hydroxylation sites is 1. The Morgan fingerprint density at radius 2 is 1.90 bits per heavy atom. The molecule has 0 bridgehead atoms. The van der Waals surface area contributed by atoms with Crippen molar-refractivity contribution in [3.63, 3.8) is 0 Å². The van der Waals surface area contributed by atoms with Crippen LogP contribution in [0.15, 0.2) is 42.6 Å². The fourth-order valence-corrected chi connectivity index (χ4v) is 1.83. The van der Waals surface area contributed by atoms with Crippen molar-refractivity contribution >= 4 is 5.91 Å². The number of hydrogen-bond acceptors (Lipinski definition) is 3. The van der Waals surface area contributed by atoms with Crippen molar-refractivity contribution in [2.45, 2.75) is 39.3 Å². The molecule has 0 fully saturated rings. The molecular formula is C16H21N3O2. The number of carbonyl (C=O) groups excluding carboxylic acids is 1. The van der Waals surface area contributed by atoms with Gasteiger partial charge in [0.2, 0.25) is 5.88 Å². The SMILES string of the molecule is CC(C)NC(=O)C(C)(C)Oc1ccn(-c2ccccc2)n1. The molecule has 0 aliphatic rings. The first-order chi connectivity index (χ1) is 9.88. The zero-order chi connectivity index (χ0) is 15.5. The molecule has 2 rings (SSSR count). The Kier molecular flexibility index (Phi) is 4.31. The summed E-state index contributed by atoms with van der Waals surface area (Å²) in [6.07, 6.45) is 1.81. The molecule has 0 aliphatic carbocycles. The lowest BCUT2D eigenvalue weighted by Crippen LogP contribution is -2.48. The Bertz CT molecular complexity index is 603. The molecule has 1 amide bonds. The largest absolute Gasteiger partial charge is 0.460 e. The van der Waals surface area contributed by atoms with E-state index in [1.54, 1.807) is 30.8 Å². The number of hydrogen-bond donors (Lipinski definition) is 1. The first-order valence-corrected chi connectivity index (χ1v) is 6.99. The molecule has 1 heterocycles. The summed E-state index contributed by atoms with van der Waals surface area (Å²) in [6, 6.07) is 11.6. The third kappa shape index (κ3) is 3.84. The van der Waals surface area contributed by atoms with Gasteiger partial charge >= 0.3 is 0 Å². The minimum absolute atomic E-state index is 0.0715. The maximum Gasteiger partial charge on any atom is 0.263 e. The van der Waals surface area contributed by atoms with Crippen molar-refractivity contribution in [2.24, 2.45) is 0 Å². The molecule has 112 valence electrons. The molecule has 1 aromatic carbocycles. The minimum Gasteiger partial charge on any atom is -0.460 e. The maximum atomic E-state index is 12.1. The van der Waals surface area contributed by atoms with Crippen LogP contribution in [0.3, 0.4) is 0 Å². The maximum absolute atomic E-state index is 12.1. The highest BCUT2D eigenvalue weighted by molar-refractivity contribution is 5.84. The van der Waals surface area contributed by atoms with E-state index in [4.69, 9.17) is 4.74 Å². The molecule has 5 nitrogen and oxygen atoms in total. The van der Waals surface area contributed by atoms with Crippen LogP contribution in [-0.2, 0) is 4.79 Å². The van der Waals surface area contributed by atoms with Crippen LogP contribution in [0.1, 0.15) is 27.7 Å². The molecule has 0 unspecified atom stereocenters. The first-order valence-electron chi connectivity index (χ1n) is 6.99. The van der Waals surface area contributed by atoms with E-state index in [1.807, 2.05) is 44.2 Å². The summed E-state index contributed by atoms with van der Waals surface area (Å²) < 4.78 is 7.44. The van der Waals surface area contributed by atoms with Crippen LogP contribution in [-0.4, -0.2) is 27.3 Å². The second kappa shape index (κ2) is 5.99. The Balaban J connectivity index is 2.10. The van der Waals surface area contributed by atoms with Gasteiger partial charge in [-0.15, -0.1) is 5.10 Å². The lowest BCUT2D eigenvalue weighted by atomic mass is 10.1. The molecule has 21 heavy (non-hydrogen) atoms. The summed E-state index contributed by atoms with van der Waals surface area (Å²) in [6.45, 7) is 7.29. The van der Waals surface area contributed by atoms with Gasteiger partial charge in [-0.1, -0.05) is 18.2 Å². The van der Waals surface area contributed by atoms with E-state index in [-0.39, 0.29) is 11.9 Å².